The van der Waals surface area contributed by atoms with Crippen molar-refractivity contribution in [3.8, 4) is 0 Å². The van der Waals surface area contributed by atoms with E-state index in [0.717, 1.165) is 25.4 Å². The van der Waals surface area contributed by atoms with E-state index in [9.17, 15) is 0 Å². The van der Waals surface area contributed by atoms with Crippen LogP contribution in [0.5, 0.6) is 0 Å². The molecule has 0 aliphatic heterocycles. The first kappa shape index (κ1) is 8.37. The monoisotopic (exact) mass is 155 g/mol. The Kier molecular flexibility index (Phi) is 3.20. The topological polar surface area (TPSA) is 50.4 Å². The van der Waals surface area contributed by atoms with Crippen LogP contribution in [0.25, 0.3) is 0 Å². The highest BCUT2D eigenvalue weighted by Gasteiger charge is 2.20. The third-order valence-electron chi connectivity index (χ3n) is 1.77. The predicted octanol–water partition coefficient (Wildman–Crippen LogP) is 0.711. The molecule has 0 spiro atoms. The van der Waals surface area contributed by atoms with Gasteiger partial charge in [-0.05, 0) is 25.2 Å². The van der Waals surface area contributed by atoms with Crippen molar-refractivity contribution in [3.05, 3.63) is 0 Å². The summed E-state index contributed by atoms with van der Waals surface area (Å²) in [5.41, 5.74) is 5.57. The van der Waals surface area contributed by atoms with Crippen molar-refractivity contribution >= 4 is 5.96 Å². The number of nitrogens with zero attached hydrogens (tertiary/aromatic N) is 1. The Balaban J connectivity index is 2.05. The Bertz CT molecular complexity index is 138. The van der Waals surface area contributed by atoms with Crippen LogP contribution in [0.3, 0.4) is 0 Å². The first-order chi connectivity index (χ1) is 5.33. The van der Waals surface area contributed by atoms with Crippen molar-refractivity contribution in [1.29, 1.82) is 0 Å². The lowest BCUT2D eigenvalue weighted by Gasteiger charge is -2.01. The molecule has 0 heterocycles. The van der Waals surface area contributed by atoms with Gasteiger partial charge in [0.1, 0.15) is 0 Å². The van der Waals surface area contributed by atoms with E-state index in [1.165, 1.54) is 12.8 Å². The van der Waals surface area contributed by atoms with Gasteiger partial charge in [-0.2, -0.15) is 0 Å². The normalized spacial score (nSPS) is 18.5. The fourth-order valence-electron chi connectivity index (χ4n) is 0.837. The molecule has 1 aliphatic carbocycles. The third kappa shape index (κ3) is 3.86. The molecular weight excluding hydrogens is 138 g/mol. The summed E-state index contributed by atoms with van der Waals surface area (Å²) in [5.74, 6) is 1.44. The highest BCUT2D eigenvalue weighted by molar-refractivity contribution is 5.77. The molecule has 0 aromatic carbocycles. The van der Waals surface area contributed by atoms with Crippen LogP contribution in [-0.4, -0.2) is 19.0 Å². The molecule has 1 rings (SSSR count). The smallest absolute Gasteiger partial charge is 0.188 e. The molecular formula is C8H17N3. The highest BCUT2D eigenvalue weighted by atomic mass is 15.1. The van der Waals surface area contributed by atoms with E-state index in [2.05, 4.69) is 17.2 Å². The molecule has 3 heteroatoms. The van der Waals surface area contributed by atoms with Gasteiger partial charge in [-0.25, -0.2) is 0 Å². The number of aliphatic imine (C=N–C) groups is 1. The van der Waals surface area contributed by atoms with Gasteiger partial charge >= 0.3 is 0 Å². The van der Waals surface area contributed by atoms with Gasteiger partial charge in [0.15, 0.2) is 5.96 Å². The lowest BCUT2D eigenvalue weighted by atomic mass is 10.4. The minimum Gasteiger partial charge on any atom is -0.370 e. The molecule has 1 saturated carbocycles. The van der Waals surface area contributed by atoms with Crippen molar-refractivity contribution in [3.63, 3.8) is 0 Å². The number of guanidine groups is 1. The zero-order chi connectivity index (χ0) is 8.10. The average molecular weight is 155 g/mol. The molecule has 0 aromatic heterocycles. The summed E-state index contributed by atoms with van der Waals surface area (Å²) in [6, 6.07) is 0. The van der Waals surface area contributed by atoms with Crippen LogP contribution >= 0.6 is 0 Å². The van der Waals surface area contributed by atoms with Crippen LogP contribution in [0.4, 0.5) is 0 Å². The summed E-state index contributed by atoms with van der Waals surface area (Å²) >= 11 is 0. The van der Waals surface area contributed by atoms with Crippen LogP contribution in [0, 0.1) is 5.92 Å². The third-order valence-corrected chi connectivity index (χ3v) is 1.77. The van der Waals surface area contributed by atoms with Gasteiger partial charge in [0.05, 0.1) is 0 Å². The Labute approximate surface area is 68.1 Å². The van der Waals surface area contributed by atoms with Crippen molar-refractivity contribution in [1.82, 2.24) is 5.32 Å². The molecule has 64 valence electrons. The molecule has 1 aliphatic rings. The maximum atomic E-state index is 5.57. The summed E-state index contributed by atoms with van der Waals surface area (Å²) in [4.78, 5) is 4.21. The van der Waals surface area contributed by atoms with E-state index in [-0.39, 0.29) is 0 Å². The molecule has 0 radical (unpaired) electrons. The van der Waals surface area contributed by atoms with Crippen molar-refractivity contribution < 1.29 is 0 Å². The molecule has 0 saturated heterocycles. The van der Waals surface area contributed by atoms with Crippen LogP contribution in [0.1, 0.15) is 26.2 Å². The molecule has 0 bridgehead atoms. The van der Waals surface area contributed by atoms with E-state index in [4.69, 9.17) is 5.73 Å². The quantitative estimate of drug-likeness (QED) is 0.464. The molecule has 1 fully saturated rings. The Morgan fingerprint density at radius 1 is 1.64 bits per heavy atom. The van der Waals surface area contributed by atoms with Crippen molar-refractivity contribution in [2.24, 2.45) is 16.6 Å². The standard InChI is InChI=1S/C8H17N3/c1-2-5-10-8(9)11-6-7-3-4-7/h7H,2-6H2,1H3,(H3,9,10,11). The van der Waals surface area contributed by atoms with Gasteiger partial charge in [-0.15, -0.1) is 0 Å². The van der Waals surface area contributed by atoms with E-state index >= 15 is 0 Å². The van der Waals surface area contributed by atoms with Crippen LogP contribution < -0.4 is 11.1 Å². The number of rotatable bonds is 4. The minimum atomic E-state index is 0.610. The van der Waals surface area contributed by atoms with E-state index < -0.39 is 0 Å². The molecule has 0 unspecified atom stereocenters. The molecule has 0 aromatic rings. The maximum absolute atomic E-state index is 5.57. The largest absolute Gasteiger partial charge is 0.370 e. The summed E-state index contributed by atoms with van der Waals surface area (Å²) in [6.45, 7) is 3.96. The SMILES string of the molecule is CCCNC(N)=NCC1CC1. The average Bonchev–Trinajstić information content (AvgIpc) is 2.80. The number of hydrogen-bond acceptors (Lipinski definition) is 1. The first-order valence-corrected chi connectivity index (χ1v) is 4.36. The first-order valence-electron chi connectivity index (χ1n) is 4.36. The van der Waals surface area contributed by atoms with Crippen LogP contribution in [-0.2, 0) is 0 Å². The Morgan fingerprint density at radius 2 is 2.36 bits per heavy atom. The molecule has 0 amide bonds. The Morgan fingerprint density at radius 3 is 2.91 bits per heavy atom. The second kappa shape index (κ2) is 4.21. The number of hydrogen-bond donors (Lipinski definition) is 2. The van der Waals surface area contributed by atoms with Gasteiger partial charge in [0.25, 0.3) is 0 Å². The fraction of sp³-hybridized carbons (Fsp3) is 0.875. The van der Waals surface area contributed by atoms with Crippen LogP contribution in [0.15, 0.2) is 4.99 Å². The van der Waals surface area contributed by atoms with Gasteiger partial charge in [0, 0.05) is 13.1 Å². The van der Waals surface area contributed by atoms with E-state index in [0.29, 0.717) is 5.96 Å². The fourth-order valence-corrected chi connectivity index (χ4v) is 0.837. The Hall–Kier alpha value is -0.730. The molecule has 3 nitrogen and oxygen atoms in total. The highest BCUT2D eigenvalue weighted by Crippen LogP contribution is 2.28. The van der Waals surface area contributed by atoms with Gasteiger partial charge in [-0.3, -0.25) is 4.99 Å². The second-order valence-electron chi connectivity index (χ2n) is 3.10. The molecule has 11 heavy (non-hydrogen) atoms. The number of nitrogens with two attached hydrogens (primary N) is 1. The molecule has 0 atom stereocenters. The predicted molar refractivity (Wildman–Crippen MR) is 47.5 cm³/mol. The molecule has 3 N–H and O–H groups in total. The van der Waals surface area contributed by atoms with Crippen molar-refractivity contribution in [2.75, 3.05) is 13.1 Å². The summed E-state index contributed by atoms with van der Waals surface area (Å²) in [7, 11) is 0. The van der Waals surface area contributed by atoms with Gasteiger partial charge in [-0.1, -0.05) is 6.92 Å². The van der Waals surface area contributed by atoms with Crippen LogP contribution in [0.2, 0.25) is 0 Å². The maximum Gasteiger partial charge on any atom is 0.188 e. The van der Waals surface area contributed by atoms with E-state index in [1.807, 2.05) is 0 Å². The summed E-state index contributed by atoms with van der Waals surface area (Å²) < 4.78 is 0. The van der Waals surface area contributed by atoms with E-state index in [1.54, 1.807) is 0 Å². The number of nitrogens with one attached hydrogen (secondary N) is 1. The zero-order valence-electron chi connectivity index (χ0n) is 7.14. The summed E-state index contributed by atoms with van der Waals surface area (Å²) in [6.07, 6.45) is 3.77. The van der Waals surface area contributed by atoms with Gasteiger partial charge in [0.2, 0.25) is 0 Å². The lowest BCUT2D eigenvalue weighted by Crippen LogP contribution is -2.32. The second-order valence-corrected chi connectivity index (χ2v) is 3.10. The van der Waals surface area contributed by atoms with Gasteiger partial charge < -0.3 is 11.1 Å². The zero-order valence-corrected chi connectivity index (χ0v) is 7.14. The minimum absolute atomic E-state index is 0.610. The van der Waals surface area contributed by atoms with Crippen molar-refractivity contribution in [2.45, 2.75) is 26.2 Å². The lowest BCUT2D eigenvalue weighted by molar-refractivity contribution is 0.801. The summed E-state index contributed by atoms with van der Waals surface area (Å²) in [5, 5.41) is 3.04.